The first-order valence-corrected chi connectivity index (χ1v) is 11.3. The summed E-state index contributed by atoms with van der Waals surface area (Å²) in [6, 6.07) is 15.6. The minimum Gasteiger partial charge on any atom is -0.494 e. The lowest BCUT2D eigenvalue weighted by molar-refractivity contribution is -0.138. The van der Waals surface area contributed by atoms with Crippen LogP contribution in [0.5, 0.6) is 5.75 Å². The summed E-state index contributed by atoms with van der Waals surface area (Å²) in [5, 5.41) is 5.34. The van der Waals surface area contributed by atoms with E-state index in [1.54, 1.807) is 18.5 Å². The molecule has 0 unspecified atom stereocenters. The number of hydrogen-bond acceptors (Lipinski definition) is 5. The van der Waals surface area contributed by atoms with Gasteiger partial charge in [-0.15, -0.1) is 11.3 Å². The summed E-state index contributed by atoms with van der Waals surface area (Å²) < 4.78 is 46.8. The highest BCUT2D eigenvalue weighted by atomic mass is 32.1. The van der Waals surface area contributed by atoms with Crippen LogP contribution in [0.1, 0.15) is 23.1 Å². The van der Waals surface area contributed by atoms with Gasteiger partial charge in [0, 0.05) is 29.0 Å². The monoisotopic (exact) mass is 469 g/mol. The molecule has 0 amide bonds. The molecule has 0 saturated carbocycles. The molecule has 0 atom stereocenters. The molecule has 33 heavy (non-hydrogen) atoms. The van der Waals surface area contributed by atoms with Gasteiger partial charge in [-0.3, -0.25) is 4.98 Å². The second-order valence-electron chi connectivity index (χ2n) is 7.54. The van der Waals surface area contributed by atoms with Crippen LogP contribution < -0.4 is 10.1 Å². The van der Waals surface area contributed by atoms with Crippen LogP contribution in [0.15, 0.2) is 72.4 Å². The number of anilines is 2. The number of thiazole rings is 1. The molecule has 170 valence electrons. The molecule has 2 aromatic heterocycles. The third kappa shape index (κ3) is 6.10. The Kier molecular flexibility index (Phi) is 6.93. The van der Waals surface area contributed by atoms with Crippen molar-refractivity contribution in [3.63, 3.8) is 0 Å². The van der Waals surface area contributed by atoms with E-state index in [1.165, 1.54) is 17.4 Å². The van der Waals surface area contributed by atoms with Crippen LogP contribution in [0.25, 0.3) is 11.3 Å². The zero-order valence-corrected chi connectivity index (χ0v) is 18.7. The SMILES string of the molecule is Cc1ccc(OCCCc2ccc(Nc3nc(-c4cccnc4)cs3)cc2C(F)(F)F)cc1. The normalized spacial score (nSPS) is 11.4. The van der Waals surface area contributed by atoms with Gasteiger partial charge in [0.1, 0.15) is 5.75 Å². The number of halogens is 3. The van der Waals surface area contributed by atoms with E-state index in [4.69, 9.17) is 4.74 Å². The Morgan fingerprint density at radius 1 is 1.06 bits per heavy atom. The van der Waals surface area contributed by atoms with Crippen molar-refractivity contribution in [1.29, 1.82) is 0 Å². The highest BCUT2D eigenvalue weighted by Gasteiger charge is 2.33. The Morgan fingerprint density at radius 2 is 1.88 bits per heavy atom. The molecular weight excluding hydrogens is 447 g/mol. The van der Waals surface area contributed by atoms with Crippen molar-refractivity contribution in [2.24, 2.45) is 0 Å². The van der Waals surface area contributed by atoms with Crippen molar-refractivity contribution in [2.45, 2.75) is 25.9 Å². The van der Waals surface area contributed by atoms with Gasteiger partial charge in [0.05, 0.1) is 17.9 Å². The first-order valence-electron chi connectivity index (χ1n) is 10.4. The average molecular weight is 470 g/mol. The molecule has 4 aromatic rings. The molecule has 0 aliphatic rings. The molecular formula is C25H22F3N3OS. The lowest BCUT2D eigenvalue weighted by Gasteiger charge is -2.15. The molecule has 2 aromatic carbocycles. The Bertz CT molecular complexity index is 1190. The number of hydrogen-bond donors (Lipinski definition) is 1. The van der Waals surface area contributed by atoms with Crippen molar-refractivity contribution < 1.29 is 17.9 Å². The van der Waals surface area contributed by atoms with Crippen molar-refractivity contribution in [2.75, 3.05) is 11.9 Å². The van der Waals surface area contributed by atoms with Crippen LogP contribution in [-0.4, -0.2) is 16.6 Å². The largest absolute Gasteiger partial charge is 0.494 e. The van der Waals surface area contributed by atoms with Gasteiger partial charge >= 0.3 is 6.18 Å². The van der Waals surface area contributed by atoms with E-state index in [1.807, 2.05) is 48.7 Å². The lowest BCUT2D eigenvalue weighted by Crippen LogP contribution is -2.11. The van der Waals surface area contributed by atoms with E-state index in [2.05, 4.69) is 15.3 Å². The number of aryl methyl sites for hydroxylation is 2. The zero-order chi connectivity index (χ0) is 23.3. The van der Waals surface area contributed by atoms with Crippen LogP contribution in [0.3, 0.4) is 0 Å². The van der Waals surface area contributed by atoms with Gasteiger partial charge in [-0.05, 0) is 61.7 Å². The van der Waals surface area contributed by atoms with Crippen molar-refractivity contribution >= 4 is 22.2 Å². The molecule has 2 heterocycles. The summed E-state index contributed by atoms with van der Waals surface area (Å²) in [4.78, 5) is 8.52. The van der Waals surface area contributed by atoms with Crippen LogP contribution in [0, 0.1) is 6.92 Å². The van der Waals surface area contributed by atoms with Crippen molar-refractivity contribution in [1.82, 2.24) is 9.97 Å². The third-order valence-electron chi connectivity index (χ3n) is 5.01. The quantitative estimate of drug-likeness (QED) is 0.275. The van der Waals surface area contributed by atoms with E-state index in [9.17, 15) is 13.2 Å². The van der Waals surface area contributed by atoms with E-state index in [-0.39, 0.29) is 12.0 Å². The standard InChI is InChI=1S/C25H22F3N3OS/c1-17-6-10-21(11-7-17)32-13-3-5-18-8-9-20(14-22(18)25(26,27)28)30-24-31-23(16-33-24)19-4-2-12-29-15-19/h2,4,6-12,14-16H,3,5,13H2,1H3,(H,30,31). The first kappa shape index (κ1) is 22.8. The van der Waals surface area contributed by atoms with Gasteiger partial charge in [-0.25, -0.2) is 4.98 Å². The lowest BCUT2D eigenvalue weighted by atomic mass is 10.0. The number of ether oxygens (including phenoxy) is 1. The van der Waals surface area contributed by atoms with E-state index < -0.39 is 11.7 Å². The molecule has 0 fully saturated rings. The Labute approximate surface area is 194 Å². The number of alkyl halides is 3. The van der Waals surface area contributed by atoms with E-state index in [0.29, 0.717) is 29.6 Å². The summed E-state index contributed by atoms with van der Waals surface area (Å²) in [5.41, 5.74) is 2.63. The number of nitrogens with one attached hydrogen (secondary N) is 1. The van der Waals surface area contributed by atoms with Crippen LogP contribution in [-0.2, 0) is 12.6 Å². The second-order valence-corrected chi connectivity index (χ2v) is 8.40. The van der Waals surface area contributed by atoms with Gasteiger partial charge < -0.3 is 10.1 Å². The number of pyridine rings is 1. The maximum absolute atomic E-state index is 13.7. The molecule has 4 nitrogen and oxygen atoms in total. The van der Waals surface area contributed by atoms with Crippen LogP contribution in [0.2, 0.25) is 0 Å². The fourth-order valence-corrected chi connectivity index (χ4v) is 4.06. The van der Waals surface area contributed by atoms with Crippen LogP contribution >= 0.6 is 11.3 Å². The molecule has 0 aliphatic carbocycles. The molecule has 0 bridgehead atoms. The fourth-order valence-electron chi connectivity index (χ4n) is 3.32. The summed E-state index contributed by atoms with van der Waals surface area (Å²) >= 11 is 1.32. The molecule has 0 radical (unpaired) electrons. The highest BCUT2D eigenvalue weighted by Crippen LogP contribution is 2.35. The maximum Gasteiger partial charge on any atom is 0.416 e. The predicted octanol–water partition coefficient (Wildman–Crippen LogP) is 7.29. The van der Waals surface area contributed by atoms with Gasteiger partial charge in [-0.1, -0.05) is 23.8 Å². The van der Waals surface area contributed by atoms with Gasteiger partial charge in [0.15, 0.2) is 5.13 Å². The molecule has 0 saturated heterocycles. The molecule has 0 spiro atoms. The van der Waals surface area contributed by atoms with Gasteiger partial charge in [0.2, 0.25) is 0 Å². The summed E-state index contributed by atoms with van der Waals surface area (Å²) in [6.45, 7) is 2.33. The van der Waals surface area contributed by atoms with Gasteiger partial charge in [-0.2, -0.15) is 13.2 Å². The Balaban J connectivity index is 1.42. The minimum absolute atomic E-state index is 0.246. The molecule has 0 aliphatic heterocycles. The number of nitrogens with zero attached hydrogens (tertiary/aromatic N) is 2. The smallest absolute Gasteiger partial charge is 0.416 e. The van der Waals surface area contributed by atoms with Crippen molar-refractivity contribution in [3.05, 3.63) is 89.1 Å². The first-order chi connectivity index (χ1) is 15.9. The number of aromatic nitrogens is 2. The minimum atomic E-state index is -4.45. The third-order valence-corrected chi connectivity index (χ3v) is 5.77. The predicted molar refractivity (Wildman–Crippen MR) is 125 cm³/mol. The average Bonchev–Trinajstić information content (AvgIpc) is 3.27. The maximum atomic E-state index is 13.7. The Hall–Kier alpha value is -3.39. The molecule has 1 N–H and O–H groups in total. The topological polar surface area (TPSA) is 47.0 Å². The highest BCUT2D eigenvalue weighted by molar-refractivity contribution is 7.14. The van der Waals surface area contributed by atoms with E-state index in [0.717, 1.165) is 22.9 Å². The van der Waals surface area contributed by atoms with Crippen molar-refractivity contribution in [3.8, 4) is 17.0 Å². The summed E-state index contributed by atoms with van der Waals surface area (Å²) in [7, 11) is 0. The summed E-state index contributed by atoms with van der Waals surface area (Å²) in [5.74, 6) is 0.713. The Morgan fingerprint density at radius 3 is 2.61 bits per heavy atom. The molecule has 4 rings (SSSR count). The second kappa shape index (κ2) is 10.0. The summed E-state index contributed by atoms with van der Waals surface area (Å²) in [6.07, 6.45) is -0.343. The molecule has 8 heteroatoms. The number of benzene rings is 2. The number of rotatable bonds is 8. The van der Waals surface area contributed by atoms with Crippen LogP contribution in [0.4, 0.5) is 24.0 Å². The van der Waals surface area contributed by atoms with Gasteiger partial charge in [0.25, 0.3) is 0 Å². The fraction of sp³-hybridized carbons (Fsp3) is 0.200. The van der Waals surface area contributed by atoms with E-state index >= 15 is 0 Å². The zero-order valence-electron chi connectivity index (χ0n) is 17.9.